The predicted molar refractivity (Wildman–Crippen MR) is 115 cm³/mol. The quantitative estimate of drug-likeness (QED) is 0.522. The molecule has 11 nitrogen and oxygen atoms in total. The lowest BCUT2D eigenvalue weighted by atomic mass is 10.2. The Morgan fingerprint density at radius 3 is 2.74 bits per heavy atom. The van der Waals surface area contributed by atoms with Crippen molar-refractivity contribution in [2.75, 3.05) is 17.7 Å². The van der Waals surface area contributed by atoms with Gasteiger partial charge in [0.15, 0.2) is 5.16 Å². The fourth-order valence-electron chi connectivity index (χ4n) is 3.42. The van der Waals surface area contributed by atoms with Gasteiger partial charge < -0.3 is 10.1 Å². The van der Waals surface area contributed by atoms with Crippen molar-refractivity contribution in [2.24, 2.45) is 0 Å². The summed E-state index contributed by atoms with van der Waals surface area (Å²) >= 11 is 1.18. The van der Waals surface area contributed by atoms with Gasteiger partial charge in [0.2, 0.25) is 5.91 Å². The van der Waals surface area contributed by atoms with E-state index < -0.39 is 0 Å². The molecule has 4 heterocycles. The first-order chi connectivity index (χ1) is 14.9. The Bertz CT molecular complexity index is 1130. The molecule has 12 heteroatoms. The van der Waals surface area contributed by atoms with Crippen molar-refractivity contribution in [1.29, 1.82) is 0 Å². The summed E-state index contributed by atoms with van der Waals surface area (Å²) < 4.78 is 8.64. The van der Waals surface area contributed by atoms with Gasteiger partial charge in [-0.25, -0.2) is 19.9 Å². The smallest absolute Gasteiger partial charge is 0.344 e. The number of amides is 1. The molecule has 1 aliphatic heterocycles. The van der Waals surface area contributed by atoms with E-state index in [9.17, 15) is 9.59 Å². The van der Waals surface area contributed by atoms with Crippen LogP contribution in [0, 0.1) is 20.8 Å². The van der Waals surface area contributed by atoms with Gasteiger partial charge in [-0.3, -0.25) is 9.36 Å². The second-order valence-corrected chi connectivity index (χ2v) is 8.37. The molecule has 0 aliphatic carbocycles. The molecule has 4 rings (SSSR count). The summed E-state index contributed by atoms with van der Waals surface area (Å²) in [6.45, 7) is 6.72. The SMILES string of the molecule is Cc1cc(C)nc(-n2nc(C)cc2NC(=O)CSc2n[nH]c(=O)n2CC2CCCO2)n1. The highest BCUT2D eigenvalue weighted by Gasteiger charge is 2.20. The fourth-order valence-corrected chi connectivity index (χ4v) is 4.17. The molecule has 3 aromatic heterocycles. The third-order valence-electron chi connectivity index (χ3n) is 4.72. The Balaban J connectivity index is 1.44. The molecule has 1 amide bonds. The maximum atomic E-state index is 12.6. The predicted octanol–water partition coefficient (Wildman–Crippen LogP) is 1.38. The minimum Gasteiger partial charge on any atom is -0.376 e. The van der Waals surface area contributed by atoms with Crippen molar-refractivity contribution in [3.8, 4) is 5.95 Å². The molecule has 164 valence electrons. The fraction of sp³-hybridized carbons (Fsp3) is 0.474. The average molecular weight is 445 g/mol. The monoisotopic (exact) mass is 444 g/mol. The van der Waals surface area contributed by atoms with E-state index in [1.165, 1.54) is 21.0 Å². The maximum Gasteiger partial charge on any atom is 0.344 e. The van der Waals surface area contributed by atoms with Gasteiger partial charge in [0.25, 0.3) is 5.95 Å². The average Bonchev–Trinajstić information content (AvgIpc) is 3.42. The Morgan fingerprint density at radius 1 is 1.26 bits per heavy atom. The number of hydrogen-bond acceptors (Lipinski definition) is 8. The third kappa shape index (κ3) is 5.02. The zero-order valence-corrected chi connectivity index (χ0v) is 18.4. The zero-order chi connectivity index (χ0) is 22.0. The molecular formula is C19H24N8O3S. The molecule has 31 heavy (non-hydrogen) atoms. The molecule has 1 atom stereocenters. The third-order valence-corrected chi connectivity index (χ3v) is 5.70. The first-order valence-electron chi connectivity index (χ1n) is 9.98. The van der Waals surface area contributed by atoms with Crippen molar-refractivity contribution in [3.63, 3.8) is 0 Å². The number of aromatic amines is 1. The van der Waals surface area contributed by atoms with Gasteiger partial charge in [-0.15, -0.1) is 5.10 Å². The lowest BCUT2D eigenvalue weighted by Gasteiger charge is -2.11. The highest BCUT2D eigenvalue weighted by molar-refractivity contribution is 7.99. The number of aryl methyl sites for hydroxylation is 3. The molecule has 1 saturated heterocycles. The Hall–Kier alpha value is -2.99. The summed E-state index contributed by atoms with van der Waals surface area (Å²) in [5.41, 5.74) is 2.04. The van der Waals surface area contributed by atoms with Gasteiger partial charge in [-0.2, -0.15) is 9.78 Å². The second kappa shape index (κ2) is 9.02. The molecule has 2 N–H and O–H groups in total. The maximum absolute atomic E-state index is 12.6. The number of carbonyl (C=O) groups excluding carboxylic acids is 1. The lowest BCUT2D eigenvalue weighted by molar-refractivity contribution is -0.113. The summed E-state index contributed by atoms with van der Waals surface area (Å²) in [7, 11) is 0. The van der Waals surface area contributed by atoms with Gasteiger partial charge >= 0.3 is 5.69 Å². The number of nitrogens with zero attached hydrogens (tertiary/aromatic N) is 6. The van der Waals surface area contributed by atoms with E-state index in [-0.39, 0.29) is 23.5 Å². The van der Waals surface area contributed by atoms with Crippen LogP contribution in [-0.4, -0.2) is 58.9 Å². The van der Waals surface area contributed by atoms with Crippen molar-refractivity contribution >= 4 is 23.5 Å². The molecule has 1 aliphatic rings. The molecule has 0 bridgehead atoms. The number of carbonyl (C=O) groups is 1. The van der Waals surface area contributed by atoms with Crippen LogP contribution in [0.5, 0.6) is 0 Å². The van der Waals surface area contributed by atoms with Gasteiger partial charge in [-0.1, -0.05) is 11.8 Å². The minimum absolute atomic E-state index is 0.00131. The largest absolute Gasteiger partial charge is 0.376 e. The summed E-state index contributed by atoms with van der Waals surface area (Å²) in [5, 5.41) is 14.2. The summed E-state index contributed by atoms with van der Waals surface area (Å²) in [4.78, 5) is 33.5. The van der Waals surface area contributed by atoms with Crippen LogP contribution < -0.4 is 11.0 Å². The van der Waals surface area contributed by atoms with Gasteiger partial charge in [-0.05, 0) is 39.7 Å². The first kappa shape index (κ1) is 21.2. The van der Waals surface area contributed by atoms with Gasteiger partial charge in [0.1, 0.15) is 5.82 Å². The van der Waals surface area contributed by atoms with E-state index in [2.05, 4.69) is 30.6 Å². The van der Waals surface area contributed by atoms with Crippen LogP contribution in [0.3, 0.4) is 0 Å². The van der Waals surface area contributed by atoms with Crippen molar-refractivity contribution in [3.05, 3.63) is 39.7 Å². The van der Waals surface area contributed by atoms with Crippen LogP contribution in [0.4, 0.5) is 5.82 Å². The molecule has 0 spiro atoms. The number of aromatic nitrogens is 7. The molecule has 0 radical (unpaired) electrons. The zero-order valence-electron chi connectivity index (χ0n) is 17.6. The molecule has 0 aromatic carbocycles. The van der Waals surface area contributed by atoms with Crippen molar-refractivity contribution < 1.29 is 9.53 Å². The first-order valence-corrected chi connectivity index (χ1v) is 11.0. The van der Waals surface area contributed by atoms with Crippen molar-refractivity contribution in [2.45, 2.75) is 51.4 Å². The number of anilines is 1. The minimum atomic E-state index is -0.306. The second-order valence-electron chi connectivity index (χ2n) is 7.43. The van der Waals surface area contributed by atoms with Gasteiger partial charge in [0.05, 0.1) is 24.1 Å². The van der Waals surface area contributed by atoms with E-state index in [4.69, 9.17) is 4.74 Å². The standard InChI is InChI=1S/C19H24N8O3S/c1-11-7-12(2)21-17(20-11)27-15(8-13(3)25-27)22-16(28)10-31-19-24-23-18(29)26(19)9-14-5-4-6-30-14/h7-8,14H,4-6,9-10H2,1-3H3,(H,22,28)(H,23,29). The number of rotatable bonds is 7. The van der Waals surface area contributed by atoms with E-state index in [1.54, 1.807) is 6.07 Å². The Labute approximate surface area is 182 Å². The number of thioether (sulfide) groups is 1. The van der Waals surface area contributed by atoms with E-state index >= 15 is 0 Å². The summed E-state index contributed by atoms with van der Waals surface area (Å²) in [6.07, 6.45) is 1.89. The van der Waals surface area contributed by atoms with Crippen molar-refractivity contribution in [1.82, 2.24) is 34.5 Å². The van der Waals surface area contributed by atoms with Crippen LogP contribution >= 0.6 is 11.8 Å². The normalized spacial score (nSPS) is 16.0. The summed E-state index contributed by atoms with van der Waals surface area (Å²) in [6, 6.07) is 3.63. The van der Waals surface area contributed by atoms with E-state index in [0.717, 1.165) is 29.9 Å². The number of ether oxygens (including phenoxy) is 1. The topological polar surface area (TPSA) is 133 Å². The number of H-pyrrole nitrogens is 1. The van der Waals surface area contributed by atoms with Crippen LogP contribution in [0.1, 0.15) is 29.9 Å². The molecule has 0 saturated carbocycles. The highest BCUT2D eigenvalue weighted by Crippen LogP contribution is 2.19. The highest BCUT2D eigenvalue weighted by atomic mass is 32.2. The summed E-state index contributed by atoms with van der Waals surface area (Å²) in [5.74, 6) is 0.695. The Morgan fingerprint density at radius 2 is 2.03 bits per heavy atom. The van der Waals surface area contributed by atoms with Crippen LogP contribution in [0.2, 0.25) is 0 Å². The van der Waals surface area contributed by atoms with Crippen LogP contribution in [0.25, 0.3) is 5.95 Å². The molecule has 1 fully saturated rings. The van der Waals surface area contributed by atoms with Crippen LogP contribution in [-0.2, 0) is 16.1 Å². The van der Waals surface area contributed by atoms with E-state index in [1.807, 2.05) is 26.8 Å². The van der Waals surface area contributed by atoms with Crippen LogP contribution in [0.15, 0.2) is 22.1 Å². The molecule has 3 aromatic rings. The lowest BCUT2D eigenvalue weighted by Crippen LogP contribution is -2.25. The van der Waals surface area contributed by atoms with E-state index in [0.29, 0.717) is 30.1 Å². The molecular weight excluding hydrogens is 420 g/mol. The number of nitrogens with one attached hydrogen (secondary N) is 2. The number of hydrogen-bond donors (Lipinski definition) is 2. The molecule has 1 unspecified atom stereocenters. The van der Waals surface area contributed by atoms with Gasteiger partial charge in [0, 0.05) is 24.1 Å². The Kier molecular flexibility index (Phi) is 6.18.